The number of carbonyl (C=O) groups is 6. The summed E-state index contributed by atoms with van der Waals surface area (Å²) in [6.45, 7) is 43.2. The third kappa shape index (κ3) is 25.5. The molecule has 26 atom stereocenters. The fourth-order valence-electron chi connectivity index (χ4n) is 20.1. The molecule has 1 spiro atoms. The van der Waals surface area contributed by atoms with Crippen LogP contribution in [0.2, 0.25) is 0 Å². The van der Waals surface area contributed by atoms with Crippen molar-refractivity contribution in [2.75, 3.05) is 45.6 Å². The number of ether oxygens (including phenoxy) is 12. The maximum absolute atomic E-state index is 11.3. The highest BCUT2D eigenvalue weighted by Gasteiger charge is 2.63. The van der Waals surface area contributed by atoms with E-state index < -0.39 is 30.4 Å². The lowest BCUT2D eigenvalue weighted by Crippen LogP contribution is -2.41. The van der Waals surface area contributed by atoms with E-state index in [1.54, 1.807) is 0 Å². The van der Waals surface area contributed by atoms with Crippen molar-refractivity contribution in [3.05, 3.63) is 0 Å². The molecule has 0 aromatic carbocycles. The summed E-state index contributed by atoms with van der Waals surface area (Å²) in [5.41, 5.74) is -0.00463. The Kier molecular flexibility index (Phi) is 43.8. The Balaban J connectivity index is 0.000000225. The molecule has 670 valence electrons. The minimum absolute atomic E-state index is 0.00463. The van der Waals surface area contributed by atoms with Gasteiger partial charge in [-0.15, -0.1) is 0 Å². The predicted octanol–water partition coefficient (Wildman–Crippen LogP) is 14.8. The van der Waals surface area contributed by atoms with Gasteiger partial charge >= 0.3 is 35.8 Å². The van der Waals surface area contributed by atoms with Crippen molar-refractivity contribution in [1.82, 2.24) is 0 Å². The molecule has 26 unspecified atom stereocenters. The number of cyclic esters (lactones) is 4. The summed E-state index contributed by atoms with van der Waals surface area (Å²) in [5.74, 6) is 5.71. The van der Waals surface area contributed by atoms with E-state index in [0.717, 1.165) is 108 Å². The monoisotopic (exact) mass is 1700 g/mol. The van der Waals surface area contributed by atoms with Crippen LogP contribution >= 0.6 is 0 Å². The molecule has 0 aromatic rings. The molecule has 17 saturated heterocycles. The number of hydrogen-bond donors (Lipinski definition) is 0. The minimum atomic E-state index is -3.26. The first-order valence-electron chi connectivity index (χ1n) is 45.2. The highest BCUT2D eigenvalue weighted by Crippen LogP contribution is 2.56. The number of esters is 6. The molecule has 23 rings (SSSR count). The fraction of sp³-hybridized carbons (Fsp3) is 0.929. The van der Waals surface area contributed by atoms with E-state index in [-0.39, 0.29) is 143 Å². The van der Waals surface area contributed by atoms with E-state index in [1.165, 1.54) is 44.9 Å². The van der Waals surface area contributed by atoms with Gasteiger partial charge in [0.2, 0.25) is 0 Å². The smallest absolute Gasteiger partial charge is 0.312 e. The molecule has 0 radical (unpaired) electrons. The van der Waals surface area contributed by atoms with E-state index in [1.807, 2.05) is 138 Å². The Bertz CT molecular complexity index is 3150. The molecule has 0 amide bonds. The van der Waals surface area contributed by atoms with E-state index in [2.05, 4.69) is 4.18 Å². The number of hydrogen-bond acceptors (Lipinski definition) is 27. The summed E-state index contributed by atoms with van der Waals surface area (Å²) in [7, 11) is -9.43. The fourth-order valence-corrected chi connectivity index (χ4v) is 24.7. The molecule has 17 aliphatic heterocycles. The summed E-state index contributed by atoms with van der Waals surface area (Å²) < 4.78 is 142. The van der Waals surface area contributed by atoms with Crippen molar-refractivity contribution >= 4 is 66.2 Å². The molecule has 30 heteroatoms. The molecule has 17 heterocycles. The number of carbonyl (C=O) groups excluding carboxylic acids is 6. The lowest BCUT2D eigenvalue weighted by atomic mass is 9.79. The highest BCUT2D eigenvalue weighted by molar-refractivity contribution is 7.88. The van der Waals surface area contributed by atoms with Crippen LogP contribution in [0.1, 0.15) is 299 Å². The van der Waals surface area contributed by atoms with E-state index >= 15 is 0 Å². The number of fused-ring (bicyclic) bond motifs is 14. The van der Waals surface area contributed by atoms with Crippen LogP contribution in [0.25, 0.3) is 0 Å². The normalized spacial score (nSPS) is 39.8. The third-order valence-corrected chi connectivity index (χ3v) is 29.4. The van der Waals surface area contributed by atoms with Gasteiger partial charge in [-0.1, -0.05) is 151 Å². The zero-order valence-corrected chi connectivity index (χ0v) is 75.8. The first-order chi connectivity index (χ1) is 55.6. The van der Waals surface area contributed by atoms with Crippen LogP contribution in [0, 0.1) is 71.0 Å². The van der Waals surface area contributed by atoms with Gasteiger partial charge in [-0.3, -0.25) is 41.3 Å². The largest absolute Gasteiger partial charge is 0.465 e. The third-order valence-electron chi connectivity index (χ3n) is 24.5. The Hall–Kier alpha value is -3.69. The summed E-state index contributed by atoms with van der Waals surface area (Å²) in [6, 6.07) is 0. The SMILES string of the molecule is CC.CC.CC.CC.CC.CC.CC.CC.CC.CC.O=C1CC2OC3OCOC3C2O1.O=C1CCC2(CCCCC2)O1.O=C1OCC2C3CCC(O3)C12.O=C1OCC2CC3CC1C2C3.O=C1OCC2CC3CC1C2O3.O=C1OCC2CCCC1C2.O=S1(=O)CCCO1.O=S1(=O)OC2CC3CC1C2O3.O=S1(=O)OC2CC3CC2C1C3. The van der Waals surface area contributed by atoms with Crippen LogP contribution in [0.3, 0.4) is 0 Å². The van der Waals surface area contributed by atoms with Gasteiger partial charge in [0.15, 0.2) is 25.3 Å². The Morgan fingerprint density at radius 1 is 0.383 bits per heavy atom. The first kappa shape index (κ1) is 102. The minimum Gasteiger partial charge on any atom is -0.465 e. The lowest BCUT2D eigenvalue weighted by molar-refractivity contribution is -0.161. The van der Waals surface area contributed by atoms with Crippen LogP contribution in [0.5, 0.6) is 0 Å². The zero-order valence-electron chi connectivity index (χ0n) is 73.4. The van der Waals surface area contributed by atoms with Crippen LogP contribution < -0.4 is 0 Å². The summed E-state index contributed by atoms with van der Waals surface area (Å²) in [5, 5.41) is -0.488. The first-order valence-corrected chi connectivity index (χ1v) is 49.8. The van der Waals surface area contributed by atoms with Gasteiger partial charge in [0.05, 0.1) is 111 Å². The Morgan fingerprint density at radius 3 is 1.52 bits per heavy atom. The summed E-state index contributed by atoms with van der Waals surface area (Å²) in [6.07, 6.45) is 25.6. The van der Waals surface area contributed by atoms with E-state index in [9.17, 15) is 54.0 Å². The second kappa shape index (κ2) is 49.4. The van der Waals surface area contributed by atoms with Crippen LogP contribution in [0.15, 0.2) is 0 Å². The van der Waals surface area contributed by atoms with Gasteiger partial charge in [-0.25, -0.2) is 0 Å². The highest BCUT2D eigenvalue weighted by atomic mass is 32.2. The Morgan fingerprint density at radius 2 is 0.983 bits per heavy atom. The van der Waals surface area contributed by atoms with Crippen molar-refractivity contribution in [2.24, 2.45) is 71.0 Å². The molecule has 27 nitrogen and oxygen atoms in total. The van der Waals surface area contributed by atoms with Gasteiger partial charge in [-0.2, -0.15) is 25.3 Å². The second-order valence-corrected chi connectivity index (χ2v) is 35.8. The van der Waals surface area contributed by atoms with Crippen molar-refractivity contribution in [3.8, 4) is 0 Å². The number of rotatable bonds is 0. The van der Waals surface area contributed by atoms with Crippen molar-refractivity contribution in [1.29, 1.82) is 0 Å². The molecule has 12 bridgehead atoms. The molecular formula is C85H150O27S3. The van der Waals surface area contributed by atoms with Gasteiger partial charge in [0.25, 0.3) is 30.4 Å². The second-order valence-electron chi connectivity index (χ2n) is 30.4. The molecule has 23 fully saturated rings. The molecule has 115 heavy (non-hydrogen) atoms. The maximum atomic E-state index is 11.3. The van der Waals surface area contributed by atoms with Gasteiger partial charge in [0, 0.05) is 30.6 Å². The average Bonchev–Trinajstić information content (AvgIpc) is 1.58. The van der Waals surface area contributed by atoms with Crippen molar-refractivity contribution in [3.63, 3.8) is 0 Å². The predicted molar refractivity (Wildman–Crippen MR) is 434 cm³/mol. The lowest BCUT2D eigenvalue weighted by Gasteiger charge is -2.32. The molecular weight excluding hydrogens is 1550 g/mol. The zero-order chi connectivity index (χ0) is 85.7. The van der Waals surface area contributed by atoms with Crippen LogP contribution in [-0.2, 0) is 129 Å². The van der Waals surface area contributed by atoms with Gasteiger partial charge in [-0.05, 0) is 158 Å². The van der Waals surface area contributed by atoms with E-state index in [0.29, 0.717) is 106 Å². The maximum Gasteiger partial charge on any atom is 0.312 e. The molecule has 0 aromatic heterocycles. The van der Waals surface area contributed by atoms with Crippen LogP contribution in [-0.4, -0.2) is 196 Å². The molecule has 23 aliphatic rings. The Labute approximate surface area is 691 Å². The average molecular weight is 1700 g/mol. The van der Waals surface area contributed by atoms with Gasteiger partial charge in [0.1, 0.15) is 29.2 Å². The summed E-state index contributed by atoms with van der Waals surface area (Å²) >= 11 is 0. The van der Waals surface area contributed by atoms with Crippen LogP contribution in [0.4, 0.5) is 0 Å². The summed E-state index contributed by atoms with van der Waals surface area (Å²) in [4.78, 5) is 66.2. The molecule has 0 N–H and O–H groups in total. The van der Waals surface area contributed by atoms with Gasteiger partial charge < -0.3 is 56.8 Å². The molecule has 6 saturated carbocycles. The van der Waals surface area contributed by atoms with Crippen molar-refractivity contribution < 1.29 is 123 Å². The molecule has 6 aliphatic carbocycles. The van der Waals surface area contributed by atoms with Crippen molar-refractivity contribution in [2.45, 2.75) is 389 Å². The van der Waals surface area contributed by atoms with E-state index in [4.69, 9.17) is 65.2 Å². The quantitative estimate of drug-likeness (QED) is 0.123. The standard InChI is InChI=1S/C9H12O2.C9H14O2.2C8H10O3.C8H12O2.C7H8O5.C7H10O3S.C6H8O4S.C3H6O3S.10C2H6/c10-9-8-3-5-1-6(4-11-9)7(8)2-5;10-8-4-7-9(11-8)5-2-1-3-6-9;9-8-6-2-5-1-4(3-10-8)7(6)11-5;9-8-7-4(3-10-8)5-1-2-6(7)11-5;9-8-7-3-1-2-6(4-7)5-10-8;8-4-1-3-5(12-4)6-7(11-3)10-2-9-6;8-11(9)7-3-4-1-5(7)6(2-4)10-11;7-11(8)5-2-3-1-4(10-11)6(5)9-3;4-7(5)3-1-2-6-7;10*1-2/h5-8H,1-4H2;1-7H2;2*4-7H,1-3H2;6-7H,1-5H2;3,5-7H,1-2H2;4-7H,1-3H2;3-6H,1-2H2;1-3H2;10*1-2H3. The topological polar surface area (TPSA) is 343 Å².